The van der Waals surface area contributed by atoms with E-state index in [1.54, 1.807) is 17.8 Å². The van der Waals surface area contributed by atoms with Gasteiger partial charge in [0.2, 0.25) is 5.91 Å². The van der Waals surface area contributed by atoms with Crippen molar-refractivity contribution in [3.63, 3.8) is 0 Å². The highest BCUT2D eigenvalue weighted by Crippen LogP contribution is 2.16. The summed E-state index contributed by atoms with van der Waals surface area (Å²) in [7, 11) is 1.96. The number of hydrogen-bond donors (Lipinski definition) is 1. The molecule has 4 heteroatoms. The van der Waals surface area contributed by atoms with Crippen molar-refractivity contribution in [2.24, 2.45) is 0 Å². The molecule has 1 aromatic carbocycles. The van der Waals surface area contributed by atoms with E-state index in [9.17, 15) is 4.79 Å². The van der Waals surface area contributed by atoms with E-state index in [1.165, 1.54) is 4.90 Å². The summed E-state index contributed by atoms with van der Waals surface area (Å²) < 4.78 is 0. The second kappa shape index (κ2) is 8.78. The van der Waals surface area contributed by atoms with Crippen LogP contribution >= 0.6 is 11.8 Å². The van der Waals surface area contributed by atoms with Crippen LogP contribution < -0.4 is 5.32 Å². The van der Waals surface area contributed by atoms with E-state index < -0.39 is 0 Å². The molecule has 0 atom stereocenters. The van der Waals surface area contributed by atoms with Crippen LogP contribution in [0.4, 0.5) is 0 Å². The van der Waals surface area contributed by atoms with Gasteiger partial charge in [-0.05, 0) is 19.2 Å². The molecule has 0 unspecified atom stereocenters. The summed E-state index contributed by atoms with van der Waals surface area (Å²) in [6, 6.07) is 10.3. The number of carbonyl (C=O) groups is 1. The Morgan fingerprint density at radius 1 is 1.44 bits per heavy atom. The molecule has 0 fully saturated rings. The van der Waals surface area contributed by atoms with Gasteiger partial charge in [0.05, 0.1) is 6.54 Å². The highest BCUT2D eigenvalue weighted by molar-refractivity contribution is 7.99. The lowest BCUT2D eigenvalue weighted by atomic mass is 10.4. The quantitative estimate of drug-likeness (QED) is 0.576. The minimum Gasteiger partial charge on any atom is -0.352 e. The zero-order valence-corrected chi connectivity index (χ0v) is 11.6. The maximum atomic E-state index is 11.4. The molecule has 98 valence electrons. The molecule has 0 saturated heterocycles. The maximum Gasteiger partial charge on any atom is 0.234 e. The first-order valence-electron chi connectivity index (χ1n) is 5.96. The zero-order valence-electron chi connectivity index (χ0n) is 10.8. The molecule has 1 rings (SSSR count). The molecular formula is C14H20N2OS. The number of hydrogen-bond acceptors (Lipinski definition) is 3. The van der Waals surface area contributed by atoms with Crippen molar-refractivity contribution in [3.05, 3.63) is 43.0 Å². The topological polar surface area (TPSA) is 32.3 Å². The van der Waals surface area contributed by atoms with E-state index >= 15 is 0 Å². The average Bonchev–Trinajstić information content (AvgIpc) is 2.37. The van der Waals surface area contributed by atoms with Gasteiger partial charge in [-0.2, -0.15) is 0 Å². The van der Waals surface area contributed by atoms with Gasteiger partial charge in [-0.3, -0.25) is 9.69 Å². The summed E-state index contributed by atoms with van der Waals surface area (Å²) in [4.78, 5) is 14.7. The van der Waals surface area contributed by atoms with Crippen molar-refractivity contribution in [1.29, 1.82) is 0 Å². The molecule has 0 heterocycles. The Morgan fingerprint density at radius 3 is 2.83 bits per heavy atom. The van der Waals surface area contributed by atoms with Gasteiger partial charge in [0.25, 0.3) is 0 Å². The second-order valence-corrected chi connectivity index (χ2v) is 5.16. The minimum absolute atomic E-state index is 0.0436. The van der Waals surface area contributed by atoms with Crippen LogP contribution in [-0.4, -0.2) is 43.2 Å². The molecule has 0 aliphatic carbocycles. The standard InChI is InChI=1S/C14H20N2OS/c1-3-9-15-14(17)12-16(2)10-11-18-13-7-5-4-6-8-13/h3-8H,1,9-12H2,2H3,(H,15,17). The SMILES string of the molecule is C=CCNC(=O)CN(C)CCSc1ccccc1. The summed E-state index contributed by atoms with van der Waals surface area (Å²) in [5, 5.41) is 2.77. The smallest absolute Gasteiger partial charge is 0.234 e. The van der Waals surface area contributed by atoms with E-state index in [0.29, 0.717) is 13.1 Å². The summed E-state index contributed by atoms with van der Waals surface area (Å²) in [6.07, 6.45) is 1.68. The van der Waals surface area contributed by atoms with Crippen LogP contribution in [0.1, 0.15) is 0 Å². The number of benzene rings is 1. The highest BCUT2D eigenvalue weighted by Gasteiger charge is 2.05. The summed E-state index contributed by atoms with van der Waals surface area (Å²) >= 11 is 1.80. The highest BCUT2D eigenvalue weighted by atomic mass is 32.2. The van der Waals surface area contributed by atoms with Crippen molar-refractivity contribution in [3.8, 4) is 0 Å². The van der Waals surface area contributed by atoms with Crippen LogP contribution in [0.15, 0.2) is 47.9 Å². The Hall–Kier alpha value is -1.26. The van der Waals surface area contributed by atoms with Crippen molar-refractivity contribution in [2.75, 3.05) is 32.4 Å². The van der Waals surface area contributed by atoms with Crippen LogP contribution in [0.25, 0.3) is 0 Å². The van der Waals surface area contributed by atoms with Gasteiger partial charge in [-0.1, -0.05) is 24.3 Å². The molecule has 18 heavy (non-hydrogen) atoms. The molecule has 0 spiro atoms. The molecule has 0 bridgehead atoms. The summed E-state index contributed by atoms with van der Waals surface area (Å²) in [5.41, 5.74) is 0. The molecular weight excluding hydrogens is 244 g/mol. The normalized spacial score (nSPS) is 10.3. The number of rotatable bonds is 8. The molecule has 0 radical (unpaired) electrons. The van der Waals surface area contributed by atoms with Crippen molar-refractivity contribution in [1.82, 2.24) is 10.2 Å². The Labute approximate surface area is 113 Å². The van der Waals surface area contributed by atoms with E-state index in [-0.39, 0.29) is 5.91 Å². The second-order valence-electron chi connectivity index (χ2n) is 3.99. The Bertz CT molecular complexity index is 367. The lowest BCUT2D eigenvalue weighted by Gasteiger charge is -2.15. The number of likely N-dealkylation sites (N-methyl/N-ethyl adjacent to an activating group) is 1. The molecule has 0 aliphatic rings. The lowest BCUT2D eigenvalue weighted by molar-refractivity contribution is -0.121. The predicted molar refractivity (Wildman–Crippen MR) is 77.9 cm³/mol. The Balaban J connectivity index is 2.15. The number of amides is 1. The molecule has 0 aliphatic heterocycles. The van der Waals surface area contributed by atoms with Gasteiger partial charge >= 0.3 is 0 Å². The van der Waals surface area contributed by atoms with Crippen LogP contribution in [0.2, 0.25) is 0 Å². The minimum atomic E-state index is 0.0436. The van der Waals surface area contributed by atoms with Gasteiger partial charge in [0.1, 0.15) is 0 Å². The van der Waals surface area contributed by atoms with Gasteiger partial charge < -0.3 is 5.32 Å². The number of carbonyl (C=O) groups excluding carboxylic acids is 1. The van der Waals surface area contributed by atoms with Crippen LogP contribution in [0.5, 0.6) is 0 Å². The van der Waals surface area contributed by atoms with Crippen LogP contribution in [0, 0.1) is 0 Å². The zero-order chi connectivity index (χ0) is 13.2. The third-order valence-electron chi connectivity index (χ3n) is 2.34. The van der Waals surface area contributed by atoms with Gasteiger partial charge in [0.15, 0.2) is 0 Å². The lowest BCUT2D eigenvalue weighted by Crippen LogP contribution is -2.36. The van der Waals surface area contributed by atoms with Gasteiger partial charge in [-0.25, -0.2) is 0 Å². The molecule has 1 N–H and O–H groups in total. The number of nitrogens with one attached hydrogen (secondary N) is 1. The first-order chi connectivity index (χ1) is 8.72. The van der Waals surface area contributed by atoms with Crippen molar-refractivity contribution < 1.29 is 4.79 Å². The van der Waals surface area contributed by atoms with Gasteiger partial charge in [-0.15, -0.1) is 18.3 Å². The van der Waals surface area contributed by atoms with Gasteiger partial charge in [0, 0.05) is 23.7 Å². The predicted octanol–water partition coefficient (Wildman–Crippen LogP) is 2.01. The largest absolute Gasteiger partial charge is 0.352 e. The van der Waals surface area contributed by atoms with E-state index in [0.717, 1.165) is 12.3 Å². The molecule has 0 saturated carbocycles. The van der Waals surface area contributed by atoms with Crippen LogP contribution in [0.3, 0.4) is 0 Å². The number of thioether (sulfide) groups is 1. The fraction of sp³-hybridized carbons (Fsp3) is 0.357. The molecule has 1 amide bonds. The molecule has 1 aromatic rings. The Morgan fingerprint density at radius 2 is 2.17 bits per heavy atom. The first-order valence-corrected chi connectivity index (χ1v) is 6.95. The third kappa shape index (κ3) is 6.47. The first kappa shape index (κ1) is 14.8. The molecule has 3 nitrogen and oxygen atoms in total. The van der Waals surface area contributed by atoms with E-state index in [2.05, 4.69) is 24.0 Å². The molecule has 0 aromatic heterocycles. The fourth-order valence-electron chi connectivity index (χ4n) is 1.40. The summed E-state index contributed by atoms with van der Waals surface area (Å²) in [5.74, 6) is 1.03. The number of nitrogens with zero attached hydrogens (tertiary/aromatic N) is 1. The van der Waals surface area contributed by atoms with E-state index in [4.69, 9.17) is 0 Å². The summed E-state index contributed by atoms with van der Waals surface area (Å²) in [6.45, 7) is 5.42. The third-order valence-corrected chi connectivity index (χ3v) is 3.33. The van der Waals surface area contributed by atoms with Crippen molar-refractivity contribution >= 4 is 17.7 Å². The monoisotopic (exact) mass is 264 g/mol. The van der Waals surface area contributed by atoms with Crippen LogP contribution in [-0.2, 0) is 4.79 Å². The fourth-order valence-corrected chi connectivity index (χ4v) is 2.39. The van der Waals surface area contributed by atoms with Crippen molar-refractivity contribution in [2.45, 2.75) is 4.90 Å². The average molecular weight is 264 g/mol. The maximum absolute atomic E-state index is 11.4. The van der Waals surface area contributed by atoms with E-state index in [1.807, 2.05) is 30.1 Å². The Kier molecular flexibility index (Phi) is 7.22.